The monoisotopic (exact) mass is 418 g/mol. The van der Waals surface area contributed by atoms with Crippen molar-refractivity contribution in [3.63, 3.8) is 0 Å². The molecule has 0 bridgehead atoms. The van der Waals surface area contributed by atoms with E-state index in [1.54, 1.807) is 9.12 Å². The molecule has 0 amide bonds. The molecule has 21 heavy (non-hydrogen) atoms. The zero-order valence-electron chi connectivity index (χ0n) is 12.5. The van der Waals surface area contributed by atoms with Crippen LogP contribution >= 0.6 is 30.3 Å². The zero-order chi connectivity index (χ0) is 15.1. The highest BCUT2D eigenvalue weighted by Gasteiger charge is 2.28. The molecule has 0 aromatic heterocycles. The third kappa shape index (κ3) is 5.23. The molecule has 0 N–H and O–H groups in total. The Morgan fingerprint density at radius 1 is 1.33 bits per heavy atom. The van der Waals surface area contributed by atoms with Crippen molar-refractivity contribution in [2.45, 2.75) is 32.2 Å². The smallest absolute Gasteiger partial charge is 0.164 e. The van der Waals surface area contributed by atoms with Crippen LogP contribution in [0.2, 0.25) is 0 Å². The molecule has 2 rings (SSSR count). The number of benzene rings is 1. The van der Waals surface area contributed by atoms with Crippen molar-refractivity contribution in [2.24, 2.45) is 0 Å². The van der Waals surface area contributed by atoms with Crippen LogP contribution < -0.4 is 0 Å². The van der Waals surface area contributed by atoms with Gasteiger partial charge in [0.1, 0.15) is 0 Å². The Bertz CT molecular complexity index is 443. The average molecular weight is 418 g/mol. The summed E-state index contributed by atoms with van der Waals surface area (Å²) in [7, 11) is 1.76. The number of halogens is 1. The van der Waals surface area contributed by atoms with Crippen LogP contribution in [0.1, 0.15) is 36.5 Å². The Balaban J connectivity index is 1.99. The average Bonchev–Trinajstić information content (AvgIpc) is 2.54. The largest absolute Gasteiger partial charge is 0.297 e. The van der Waals surface area contributed by atoms with E-state index in [2.05, 4.69) is 37.3 Å². The molecule has 1 aliphatic rings. The van der Waals surface area contributed by atoms with Gasteiger partial charge in [-0.25, -0.2) is 4.31 Å². The summed E-state index contributed by atoms with van der Waals surface area (Å²) in [4.78, 5) is 15.0. The molecule has 1 heterocycles. The lowest BCUT2D eigenvalue weighted by atomic mass is 10.0. The van der Waals surface area contributed by atoms with Crippen LogP contribution in [0.5, 0.6) is 0 Å². The molecule has 5 heteroatoms. The summed E-state index contributed by atoms with van der Waals surface area (Å²) >= 11 is 2.34. The minimum atomic E-state index is 0.266. The van der Waals surface area contributed by atoms with E-state index in [4.69, 9.17) is 0 Å². The van der Waals surface area contributed by atoms with Gasteiger partial charge in [0, 0.05) is 58.9 Å². The molecule has 0 aliphatic carbocycles. The first kappa shape index (κ1) is 17.2. The molecule has 1 atom stereocenters. The Morgan fingerprint density at radius 3 is 2.76 bits per heavy atom. The third-order valence-electron chi connectivity index (χ3n) is 3.98. The summed E-state index contributed by atoms with van der Waals surface area (Å²) in [5.41, 5.74) is 0.840. The summed E-state index contributed by atoms with van der Waals surface area (Å²) in [6.07, 6.45) is 3.05. The number of ketones is 1. The number of rotatable bonds is 7. The lowest BCUT2D eigenvalue weighted by Gasteiger charge is -2.40. The molecular weight excluding hydrogens is 395 g/mol. The molecule has 116 valence electrons. The van der Waals surface area contributed by atoms with Gasteiger partial charge in [0.05, 0.1) is 0 Å². The van der Waals surface area contributed by atoms with Crippen molar-refractivity contribution in [3.8, 4) is 0 Å². The van der Waals surface area contributed by atoms with Crippen LogP contribution in [-0.2, 0) is 0 Å². The van der Waals surface area contributed by atoms with Crippen LogP contribution in [0.25, 0.3) is 0 Å². The molecule has 1 saturated heterocycles. The van der Waals surface area contributed by atoms with Gasteiger partial charge in [-0.2, -0.15) is 0 Å². The standard InChI is InChI=1S/C16H23IN2OS/c1-2-3-9-18-10-11-19(21-17)13-15(18)12-16(20)14-7-5-4-6-8-14/h4-8,15H,2-3,9-13H2,1H3. The van der Waals surface area contributed by atoms with Crippen molar-refractivity contribution in [1.29, 1.82) is 0 Å². The lowest BCUT2D eigenvalue weighted by Crippen LogP contribution is -2.51. The van der Waals surface area contributed by atoms with E-state index in [1.165, 1.54) is 12.8 Å². The summed E-state index contributed by atoms with van der Waals surface area (Å²) in [6, 6.07) is 10.0. The second-order valence-corrected chi connectivity index (χ2v) is 7.33. The van der Waals surface area contributed by atoms with E-state index in [-0.39, 0.29) is 5.78 Å². The maximum atomic E-state index is 12.5. The first-order valence-corrected chi connectivity index (χ1v) is 10.9. The fourth-order valence-corrected chi connectivity index (χ4v) is 4.18. The minimum Gasteiger partial charge on any atom is -0.297 e. The van der Waals surface area contributed by atoms with Gasteiger partial charge in [-0.1, -0.05) is 43.7 Å². The lowest BCUT2D eigenvalue weighted by molar-refractivity contribution is 0.0825. The highest BCUT2D eigenvalue weighted by atomic mass is 127. The van der Waals surface area contributed by atoms with Gasteiger partial charge in [-0.3, -0.25) is 9.69 Å². The SMILES string of the molecule is CCCCN1CCN(SI)CC1CC(=O)c1ccccc1. The zero-order valence-corrected chi connectivity index (χ0v) is 15.5. The van der Waals surface area contributed by atoms with Crippen LogP contribution in [-0.4, -0.2) is 47.2 Å². The summed E-state index contributed by atoms with van der Waals surface area (Å²) in [5.74, 6) is 0.266. The Morgan fingerprint density at radius 2 is 2.10 bits per heavy atom. The predicted molar refractivity (Wildman–Crippen MR) is 98.8 cm³/mol. The second-order valence-electron chi connectivity index (χ2n) is 5.49. The number of nitrogens with zero attached hydrogens (tertiary/aromatic N) is 2. The number of unbranched alkanes of at least 4 members (excludes halogenated alkanes) is 1. The van der Waals surface area contributed by atoms with Crippen LogP contribution in [0, 0.1) is 0 Å². The first-order chi connectivity index (χ1) is 10.2. The van der Waals surface area contributed by atoms with Gasteiger partial charge in [0.15, 0.2) is 5.78 Å². The maximum Gasteiger partial charge on any atom is 0.164 e. The number of carbonyl (C=O) groups excluding carboxylic acids is 1. The maximum absolute atomic E-state index is 12.5. The van der Waals surface area contributed by atoms with E-state index in [0.717, 1.165) is 31.7 Å². The Kier molecular flexibility index (Phi) is 7.49. The normalized spacial score (nSPS) is 20.6. The summed E-state index contributed by atoms with van der Waals surface area (Å²) in [6.45, 7) is 6.48. The van der Waals surface area contributed by atoms with Crippen molar-refractivity contribution in [2.75, 3.05) is 26.2 Å². The highest BCUT2D eigenvalue weighted by molar-refractivity contribution is 14.2. The van der Waals surface area contributed by atoms with E-state index < -0.39 is 0 Å². The van der Waals surface area contributed by atoms with Crippen LogP contribution in [0.3, 0.4) is 0 Å². The van der Waals surface area contributed by atoms with Gasteiger partial charge in [-0.05, 0) is 22.1 Å². The molecule has 1 aliphatic heterocycles. The van der Waals surface area contributed by atoms with E-state index in [0.29, 0.717) is 12.5 Å². The fourth-order valence-electron chi connectivity index (χ4n) is 2.73. The van der Waals surface area contributed by atoms with Crippen LogP contribution in [0.15, 0.2) is 30.3 Å². The Labute approximate surface area is 144 Å². The number of hydrogen-bond acceptors (Lipinski definition) is 4. The van der Waals surface area contributed by atoms with Gasteiger partial charge in [0.2, 0.25) is 0 Å². The highest BCUT2D eigenvalue weighted by Crippen LogP contribution is 2.25. The first-order valence-electron chi connectivity index (χ1n) is 7.60. The van der Waals surface area contributed by atoms with Crippen molar-refractivity contribution in [1.82, 2.24) is 9.21 Å². The molecule has 1 aromatic rings. The van der Waals surface area contributed by atoms with E-state index >= 15 is 0 Å². The molecule has 0 saturated carbocycles. The topological polar surface area (TPSA) is 23.6 Å². The van der Waals surface area contributed by atoms with Crippen LogP contribution in [0.4, 0.5) is 0 Å². The number of carbonyl (C=O) groups is 1. The van der Waals surface area contributed by atoms with E-state index in [1.807, 2.05) is 30.3 Å². The fraction of sp³-hybridized carbons (Fsp3) is 0.562. The van der Waals surface area contributed by atoms with Gasteiger partial charge in [-0.15, -0.1) is 0 Å². The van der Waals surface area contributed by atoms with Crippen molar-refractivity contribution >= 4 is 36.1 Å². The molecule has 1 aromatic carbocycles. The van der Waals surface area contributed by atoms with Gasteiger partial charge >= 0.3 is 0 Å². The summed E-state index contributed by atoms with van der Waals surface area (Å²) in [5, 5.41) is 0. The number of piperazine rings is 1. The molecule has 0 radical (unpaired) electrons. The van der Waals surface area contributed by atoms with Crippen molar-refractivity contribution < 1.29 is 4.79 Å². The van der Waals surface area contributed by atoms with Gasteiger partial charge in [0.25, 0.3) is 0 Å². The van der Waals surface area contributed by atoms with Crippen molar-refractivity contribution in [3.05, 3.63) is 35.9 Å². The number of Topliss-reactive ketones (excluding diaryl/α,β-unsaturated/α-hetero) is 1. The Hall–Kier alpha value is -0.110. The molecule has 3 nitrogen and oxygen atoms in total. The molecular formula is C16H23IN2OS. The quantitative estimate of drug-likeness (QED) is 0.379. The summed E-state index contributed by atoms with van der Waals surface area (Å²) < 4.78 is 2.37. The third-order valence-corrected chi connectivity index (χ3v) is 6.18. The molecule has 1 unspecified atom stereocenters. The molecule has 1 fully saturated rings. The second kappa shape index (κ2) is 9.12. The number of hydrogen-bond donors (Lipinski definition) is 0. The predicted octanol–water partition coefficient (Wildman–Crippen LogP) is 4.04. The molecule has 0 spiro atoms. The minimum absolute atomic E-state index is 0.266. The van der Waals surface area contributed by atoms with E-state index in [9.17, 15) is 4.79 Å². The van der Waals surface area contributed by atoms with Gasteiger partial charge < -0.3 is 0 Å².